The van der Waals surface area contributed by atoms with Crippen molar-refractivity contribution in [2.45, 2.75) is 33.2 Å². The molecule has 1 aliphatic rings. The monoisotopic (exact) mass is 256 g/mol. The van der Waals surface area contributed by atoms with E-state index in [0.29, 0.717) is 26.2 Å². The Morgan fingerprint density at radius 3 is 2.11 bits per heavy atom. The van der Waals surface area contributed by atoms with Crippen LogP contribution in [0, 0.1) is 5.92 Å². The molecule has 1 rings (SSSR count). The number of hydrogen-bond acceptors (Lipinski definition) is 4. The molecule has 0 aromatic rings. The van der Waals surface area contributed by atoms with Crippen LogP contribution in [0.3, 0.4) is 0 Å². The molecule has 1 fully saturated rings. The highest BCUT2D eigenvalue weighted by Gasteiger charge is 2.29. The summed E-state index contributed by atoms with van der Waals surface area (Å²) in [4.78, 5) is 27.2. The Balaban J connectivity index is 2.55. The van der Waals surface area contributed by atoms with Crippen LogP contribution >= 0.6 is 0 Å². The van der Waals surface area contributed by atoms with Crippen molar-refractivity contribution in [2.75, 3.05) is 32.8 Å². The smallest absolute Gasteiger partial charge is 0.248 e. The Bertz CT molecular complexity index is 297. The van der Waals surface area contributed by atoms with Crippen LogP contribution in [0.25, 0.3) is 0 Å². The third-order valence-electron chi connectivity index (χ3n) is 3.53. The van der Waals surface area contributed by atoms with E-state index >= 15 is 0 Å². The molecule has 0 saturated carbocycles. The summed E-state index contributed by atoms with van der Waals surface area (Å²) in [5.74, 6) is 0.101. The fraction of sp³-hybridized carbons (Fsp3) is 0.846. The molecule has 1 atom stereocenters. The van der Waals surface area contributed by atoms with Crippen LogP contribution < -0.4 is 0 Å². The second kappa shape index (κ2) is 6.85. The molecule has 5 heteroatoms. The first kappa shape index (κ1) is 15.1. The van der Waals surface area contributed by atoms with Crippen molar-refractivity contribution in [1.29, 1.82) is 0 Å². The summed E-state index contributed by atoms with van der Waals surface area (Å²) in [5.41, 5.74) is 0. The lowest BCUT2D eigenvalue weighted by Crippen LogP contribution is -2.54. The lowest BCUT2D eigenvalue weighted by molar-refractivity contribution is -0.137. The van der Waals surface area contributed by atoms with Gasteiger partial charge in [-0.15, -0.1) is 0 Å². The summed E-state index contributed by atoms with van der Waals surface area (Å²) in [6.07, 6.45) is 0.810. The number of rotatable bonds is 5. The van der Waals surface area contributed by atoms with E-state index in [1.54, 1.807) is 4.90 Å². The average molecular weight is 256 g/mol. The standard InChI is InChI=1S/C13H24N2O3/c1-4-11(13(18)10(2)3)14-5-7-15(8-6-14)12(17)9-16/h10-11,16H,4-9H2,1-3H3. The minimum absolute atomic E-state index is 0.0311. The highest BCUT2D eigenvalue weighted by atomic mass is 16.3. The van der Waals surface area contributed by atoms with Crippen LogP contribution in [0.2, 0.25) is 0 Å². The van der Waals surface area contributed by atoms with Crippen molar-refractivity contribution >= 4 is 11.7 Å². The molecule has 1 unspecified atom stereocenters. The zero-order valence-electron chi connectivity index (χ0n) is 11.6. The number of ketones is 1. The number of aliphatic hydroxyl groups is 1. The molecule has 0 aromatic carbocycles. The minimum Gasteiger partial charge on any atom is -0.387 e. The van der Waals surface area contributed by atoms with Gasteiger partial charge in [0.1, 0.15) is 6.61 Å². The average Bonchev–Trinajstić information content (AvgIpc) is 2.39. The summed E-state index contributed by atoms with van der Waals surface area (Å²) in [7, 11) is 0. The van der Waals surface area contributed by atoms with Crippen molar-refractivity contribution in [3.05, 3.63) is 0 Å². The first-order chi connectivity index (χ1) is 8.51. The quantitative estimate of drug-likeness (QED) is 0.759. The number of aliphatic hydroxyl groups excluding tert-OH is 1. The molecule has 1 aliphatic heterocycles. The van der Waals surface area contributed by atoms with E-state index in [9.17, 15) is 9.59 Å². The largest absolute Gasteiger partial charge is 0.387 e. The van der Waals surface area contributed by atoms with Gasteiger partial charge in [0.25, 0.3) is 0 Å². The highest BCUT2D eigenvalue weighted by molar-refractivity contribution is 5.85. The summed E-state index contributed by atoms with van der Waals surface area (Å²) >= 11 is 0. The van der Waals surface area contributed by atoms with E-state index in [4.69, 9.17) is 5.11 Å². The van der Waals surface area contributed by atoms with Gasteiger partial charge in [0, 0.05) is 32.1 Å². The van der Waals surface area contributed by atoms with Gasteiger partial charge >= 0.3 is 0 Å². The minimum atomic E-state index is -0.428. The van der Waals surface area contributed by atoms with Crippen LogP contribution in [-0.2, 0) is 9.59 Å². The molecule has 0 aliphatic carbocycles. The van der Waals surface area contributed by atoms with Crippen LogP contribution in [0.15, 0.2) is 0 Å². The molecule has 104 valence electrons. The fourth-order valence-corrected chi connectivity index (χ4v) is 2.41. The zero-order chi connectivity index (χ0) is 13.7. The molecule has 0 radical (unpaired) electrons. The van der Waals surface area contributed by atoms with Crippen molar-refractivity contribution < 1.29 is 14.7 Å². The molecule has 0 spiro atoms. The number of nitrogens with zero attached hydrogens (tertiary/aromatic N) is 2. The summed E-state index contributed by atoms with van der Waals surface area (Å²) in [5, 5.41) is 8.81. The number of carbonyl (C=O) groups is 2. The number of carbonyl (C=O) groups excluding carboxylic acids is 2. The summed E-state index contributed by atoms with van der Waals surface area (Å²) < 4.78 is 0. The van der Waals surface area contributed by atoms with Gasteiger partial charge in [-0.3, -0.25) is 14.5 Å². The lowest BCUT2D eigenvalue weighted by atomic mass is 9.98. The van der Waals surface area contributed by atoms with E-state index in [1.807, 2.05) is 20.8 Å². The van der Waals surface area contributed by atoms with Gasteiger partial charge in [-0.25, -0.2) is 0 Å². The number of hydrogen-bond donors (Lipinski definition) is 1. The molecule has 1 amide bonds. The van der Waals surface area contributed by atoms with Crippen LogP contribution in [0.4, 0.5) is 0 Å². The van der Waals surface area contributed by atoms with Gasteiger partial charge in [-0.2, -0.15) is 0 Å². The van der Waals surface area contributed by atoms with Crippen LogP contribution in [0.5, 0.6) is 0 Å². The van der Waals surface area contributed by atoms with Crippen molar-refractivity contribution in [3.63, 3.8) is 0 Å². The first-order valence-corrected chi connectivity index (χ1v) is 6.67. The molecule has 5 nitrogen and oxygen atoms in total. The topological polar surface area (TPSA) is 60.9 Å². The molecule has 1 N–H and O–H groups in total. The zero-order valence-corrected chi connectivity index (χ0v) is 11.6. The SMILES string of the molecule is CCC(C(=O)C(C)C)N1CCN(C(=O)CO)CC1. The second-order valence-corrected chi connectivity index (χ2v) is 5.06. The predicted octanol–water partition coefficient (Wildman–Crippen LogP) is 0.127. The Hall–Kier alpha value is -0.940. The second-order valence-electron chi connectivity index (χ2n) is 5.06. The van der Waals surface area contributed by atoms with Gasteiger partial charge in [0.2, 0.25) is 5.91 Å². The molecule has 18 heavy (non-hydrogen) atoms. The summed E-state index contributed by atoms with van der Waals surface area (Å²) in [6, 6.07) is -0.0311. The highest BCUT2D eigenvalue weighted by Crippen LogP contribution is 2.14. The maximum atomic E-state index is 12.1. The van der Waals surface area contributed by atoms with Gasteiger partial charge < -0.3 is 10.0 Å². The third-order valence-corrected chi connectivity index (χ3v) is 3.53. The number of amides is 1. The van der Waals surface area contributed by atoms with Crippen molar-refractivity contribution in [3.8, 4) is 0 Å². The maximum absolute atomic E-state index is 12.1. The molecule has 0 bridgehead atoms. The van der Waals surface area contributed by atoms with Gasteiger partial charge in [-0.1, -0.05) is 20.8 Å². The molecule has 1 heterocycles. The van der Waals surface area contributed by atoms with Gasteiger partial charge in [-0.05, 0) is 6.42 Å². The Morgan fingerprint density at radius 2 is 1.72 bits per heavy atom. The Kier molecular flexibility index (Phi) is 5.75. The molecular weight excluding hydrogens is 232 g/mol. The Labute approximate surface area is 109 Å². The lowest BCUT2D eigenvalue weighted by Gasteiger charge is -2.38. The normalized spacial score (nSPS) is 19.1. The van der Waals surface area contributed by atoms with E-state index in [-0.39, 0.29) is 23.7 Å². The van der Waals surface area contributed by atoms with Crippen molar-refractivity contribution in [2.24, 2.45) is 5.92 Å². The van der Waals surface area contributed by atoms with E-state index in [1.165, 1.54) is 0 Å². The van der Waals surface area contributed by atoms with E-state index in [0.717, 1.165) is 6.42 Å². The fourth-order valence-electron chi connectivity index (χ4n) is 2.41. The van der Waals surface area contributed by atoms with Crippen LogP contribution in [0.1, 0.15) is 27.2 Å². The van der Waals surface area contributed by atoms with E-state index < -0.39 is 6.61 Å². The van der Waals surface area contributed by atoms with Crippen molar-refractivity contribution in [1.82, 2.24) is 9.80 Å². The number of Topliss-reactive ketones (excluding diaryl/α,β-unsaturated/α-hetero) is 1. The Morgan fingerprint density at radius 1 is 1.17 bits per heavy atom. The first-order valence-electron chi connectivity index (χ1n) is 6.67. The van der Waals surface area contributed by atoms with Gasteiger partial charge in [0.05, 0.1) is 6.04 Å². The molecule has 1 saturated heterocycles. The van der Waals surface area contributed by atoms with E-state index in [2.05, 4.69) is 4.90 Å². The molecular formula is C13H24N2O3. The third kappa shape index (κ3) is 3.53. The summed E-state index contributed by atoms with van der Waals surface area (Å²) in [6.45, 7) is 8.07. The van der Waals surface area contributed by atoms with Gasteiger partial charge in [0.15, 0.2) is 5.78 Å². The number of piperazine rings is 1. The van der Waals surface area contributed by atoms with Crippen LogP contribution in [-0.4, -0.2) is 65.4 Å². The maximum Gasteiger partial charge on any atom is 0.248 e. The molecule has 0 aromatic heterocycles. The predicted molar refractivity (Wildman–Crippen MR) is 69.2 cm³/mol.